The van der Waals surface area contributed by atoms with Crippen LogP contribution in [0.3, 0.4) is 0 Å². The highest BCUT2D eigenvalue weighted by molar-refractivity contribution is 5.76. The summed E-state index contributed by atoms with van der Waals surface area (Å²) in [6.45, 7) is 0. The third-order valence-corrected chi connectivity index (χ3v) is 2.44. The summed E-state index contributed by atoms with van der Waals surface area (Å²) in [7, 11) is 0. The maximum Gasteiger partial charge on any atom is 0.307 e. The van der Waals surface area contributed by atoms with E-state index in [-0.39, 0.29) is 12.0 Å². The molecule has 0 fully saturated rings. The highest BCUT2D eigenvalue weighted by Crippen LogP contribution is 2.21. The normalized spacial score (nSPS) is 10.1. The second-order valence-electron chi connectivity index (χ2n) is 3.67. The van der Waals surface area contributed by atoms with Gasteiger partial charge < -0.3 is 10.1 Å². The van der Waals surface area contributed by atoms with Crippen LogP contribution >= 0.6 is 0 Å². The fourth-order valence-corrected chi connectivity index (χ4v) is 1.71. The van der Waals surface area contributed by atoms with Crippen LogP contribution in [0.15, 0.2) is 47.4 Å². The fraction of sp³-hybridized carbons (Fsp3) is 0.0769. The fourth-order valence-electron chi connectivity index (χ4n) is 1.71. The Morgan fingerprint density at radius 3 is 2.59 bits per heavy atom. The van der Waals surface area contributed by atoms with Gasteiger partial charge in [-0.1, -0.05) is 30.3 Å². The average Bonchev–Trinajstić information content (AvgIpc) is 2.29. The summed E-state index contributed by atoms with van der Waals surface area (Å²) in [6.07, 6.45) is 1.39. The van der Waals surface area contributed by atoms with E-state index in [1.54, 1.807) is 6.20 Å². The average molecular weight is 229 g/mol. The number of aromatic amines is 1. The minimum Gasteiger partial charge on any atom is -0.481 e. The van der Waals surface area contributed by atoms with Crippen molar-refractivity contribution < 1.29 is 9.90 Å². The lowest BCUT2D eigenvalue weighted by atomic mass is 10.0. The van der Waals surface area contributed by atoms with Gasteiger partial charge in [0.2, 0.25) is 5.56 Å². The molecule has 0 saturated carbocycles. The van der Waals surface area contributed by atoms with Crippen LogP contribution in [0.25, 0.3) is 11.1 Å². The number of carbonyl (C=O) groups is 1. The van der Waals surface area contributed by atoms with E-state index in [1.165, 1.54) is 6.07 Å². The molecule has 86 valence electrons. The summed E-state index contributed by atoms with van der Waals surface area (Å²) < 4.78 is 0. The minimum atomic E-state index is -0.951. The maximum absolute atomic E-state index is 11.2. The number of benzene rings is 1. The minimum absolute atomic E-state index is 0.159. The molecular weight excluding hydrogens is 218 g/mol. The summed E-state index contributed by atoms with van der Waals surface area (Å²) >= 11 is 0. The largest absolute Gasteiger partial charge is 0.481 e. The topological polar surface area (TPSA) is 70.2 Å². The molecule has 4 nitrogen and oxygen atoms in total. The van der Waals surface area contributed by atoms with Crippen molar-refractivity contribution in [2.24, 2.45) is 0 Å². The second-order valence-corrected chi connectivity index (χ2v) is 3.67. The number of aliphatic carboxylic acids is 1. The van der Waals surface area contributed by atoms with E-state index in [1.807, 2.05) is 30.3 Å². The van der Waals surface area contributed by atoms with Crippen LogP contribution in [0.2, 0.25) is 0 Å². The Hall–Kier alpha value is -2.36. The predicted octanol–water partition coefficient (Wildman–Crippen LogP) is 1.67. The van der Waals surface area contributed by atoms with Crippen molar-refractivity contribution in [2.45, 2.75) is 6.42 Å². The molecule has 4 heteroatoms. The van der Waals surface area contributed by atoms with Crippen LogP contribution < -0.4 is 5.56 Å². The molecule has 0 saturated heterocycles. The first-order chi connectivity index (χ1) is 8.16. The number of H-pyrrole nitrogens is 1. The zero-order chi connectivity index (χ0) is 12.3. The molecule has 2 rings (SSSR count). The van der Waals surface area contributed by atoms with Gasteiger partial charge >= 0.3 is 5.97 Å². The third-order valence-electron chi connectivity index (χ3n) is 2.44. The van der Waals surface area contributed by atoms with E-state index in [0.717, 1.165) is 11.1 Å². The lowest BCUT2D eigenvalue weighted by molar-refractivity contribution is -0.136. The van der Waals surface area contributed by atoms with Crippen LogP contribution in [0, 0.1) is 0 Å². The van der Waals surface area contributed by atoms with Crippen LogP contribution in [0.4, 0.5) is 0 Å². The van der Waals surface area contributed by atoms with Gasteiger partial charge in [-0.05, 0) is 11.1 Å². The Morgan fingerprint density at radius 1 is 1.24 bits per heavy atom. The summed E-state index contributed by atoms with van der Waals surface area (Å²) in [5.41, 5.74) is 1.86. The van der Waals surface area contributed by atoms with E-state index in [0.29, 0.717) is 5.56 Å². The number of aromatic nitrogens is 1. The van der Waals surface area contributed by atoms with Crippen molar-refractivity contribution in [3.05, 3.63) is 58.5 Å². The molecule has 1 aromatic heterocycles. The Labute approximate surface area is 97.6 Å². The van der Waals surface area contributed by atoms with Gasteiger partial charge in [0.1, 0.15) is 0 Å². The molecule has 17 heavy (non-hydrogen) atoms. The number of carboxylic acid groups (broad SMARTS) is 1. The van der Waals surface area contributed by atoms with E-state index in [9.17, 15) is 9.59 Å². The molecule has 0 unspecified atom stereocenters. The second kappa shape index (κ2) is 4.65. The van der Waals surface area contributed by atoms with E-state index in [4.69, 9.17) is 5.11 Å². The SMILES string of the molecule is O=C(O)Cc1cc(=O)[nH]cc1-c1ccccc1. The molecule has 0 spiro atoms. The lowest BCUT2D eigenvalue weighted by Crippen LogP contribution is -2.10. The van der Waals surface area contributed by atoms with Crippen molar-refractivity contribution in [2.75, 3.05) is 0 Å². The Kier molecular flexibility index (Phi) is 3.05. The van der Waals surface area contributed by atoms with Gasteiger partial charge in [0.25, 0.3) is 0 Å². The molecule has 2 aromatic rings. The summed E-state index contributed by atoms with van der Waals surface area (Å²) in [5.74, 6) is -0.951. The van der Waals surface area contributed by atoms with Gasteiger partial charge in [0.05, 0.1) is 6.42 Å². The van der Waals surface area contributed by atoms with Gasteiger partial charge in [0.15, 0.2) is 0 Å². The smallest absolute Gasteiger partial charge is 0.307 e. The van der Waals surface area contributed by atoms with Gasteiger partial charge in [-0.25, -0.2) is 0 Å². The predicted molar refractivity (Wildman–Crippen MR) is 63.8 cm³/mol. The zero-order valence-corrected chi connectivity index (χ0v) is 9.01. The first-order valence-electron chi connectivity index (χ1n) is 5.15. The molecule has 2 N–H and O–H groups in total. The van der Waals surface area contributed by atoms with Crippen molar-refractivity contribution in [3.8, 4) is 11.1 Å². The summed E-state index contributed by atoms with van der Waals surface area (Å²) in [6, 6.07) is 10.7. The molecule has 0 radical (unpaired) electrons. The first kappa shape index (κ1) is 11.1. The molecule has 0 aliphatic carbocycles. The Morgan fingerprint density at radius 2 is 1.94 bits per heavy atom. The van der Waals surface area contributed by atoms with E-state index in [2.05, 4.69) is 4.98 Å². The summed E-state index contributed by atoms with van der Waals surface area (Å²) in [5, 5.41) is 8.82. The van der Waals surface area contributed by atoms with E-state index >= 15 is 0 Å². The van der Waals surface area contributed by atoms with Crippen LogP contribution in [-0.4, -0.2) is 16.1 Å². The van der Waals surface area contributed by atoms with Crippen molar-refractivity contribution in [1.82, 2.24) is 4.98 Å². The summed E-state index contributed by atoms with van der Waals surface area (Å²) in [4.78, 5) is 24.5. The number of pyridine rings is 1. The van der Waals surface area contributed by atoms with Gasteiger partial charge in [0, 0.05) is 17.8 Å². The molecule has 0 atom stereocenters. The molecule has 0 aliphatic rings. The highest BCUT2D eigenvalue weighted by Gasteiger charge is 2.09. The van der Waals surface area contributed by atoms with Crippen LogP contribution in [-0.2, 0) is 11.2 Å². The van der Waals surface area contributed by atoms with Crippen molar-refractivity contribution in [1.29, 1.82) is 0 Å². The third kappa shape index (κ3) is 2.60. The number of nitrogens with one attached hydrogen (secondary N) is 1. The van der Waals surface area contributed by atoms with Crippen molar-refractivity contribution in [3.63, 3.8) is 0 Å². The van der Waals surface area contributed by atoms with Gasteiger partial charge in [-0.15, -0.1) is 0 Å². The monoisotopic (exact) mass is 229 g/mol. The van der Waals surface area contributed by atoms with Gasteiger partial charge in [-0.3, -0.25) is 9.59 Å². The zero-order valence-electron chi connectivity index (χ0n) is 9.01. The molecule has 0 bridgehead atoms. The standard InChI is InChI=1S/C13H11NO3/c15-12-6-10(7-13(16)17)11(8-14-12)9-4-2-1-3-5-9/h1-6,8H,7H2,(H,14,15)(H,16,17). The quantitative estimate of drug-likeness (QED) is 0.841. The van der Waals surface area contributed by atoms with E-state index < -0.39 is 5.97 Å². The number of hydrogen-bond acceptors (Lipinski definition) is 2. The number of rotatable bonds is 3. The molecule has 0 aliphatic heterocycles. The molecule has 1 heterocycles. The molecular formula is C13H11NO3. The maximum atomic E-state index is 11.2. The number of hydrogen-bond donors (Lipinski definition) is 2. The van der Waals surface area contributed by atoms with Crippen LogP contribution in [0.1, 0.15) is 5.56 Å². The van der Waals surface area contributed by atoms with Crippen LogP contribution in [0.5, 0.6) is 0 Å². The van der Waals surface area contributed by atoms with Gasteiger partial charge in [-0.2, -0.15) is 0 Å². The Bertz CT molecular complexity index is 587. The Balaban J connectivity index is 2.53. The lowest BCUT2D eigenvalue weighted by Gasteiger charge is -2.06. The number of carboxylic acids is 1. The molecule has 1 aromatic carbocycles. The molecule has 0 amide bonds. The first-order valence-corrected chi connectivity index (χ1v) is 5.15. The highest BCUT2D eigenvalue weighted by atomic mass is 16.4. The van der Waals surface area contributed by atoms with Crippen molar-refractivity contribution >= 4 is 5.97 Å².